The molecule has 3 unspecified atom stereocenters. The smallest absolute Gasteiger partial charge is 0.264 e. The van der Waals surface area contributed by atoms with Crippen molar-refractivity contribution in [1.29, 1.82) is 0 Å². The average Bonchev–Trinajstić information content (AvgIpc) is 2.89. The van der Waals surface area contributed by atoms with Crippen molar-refractivity contribution in [3.05, 3.63) is 28.8 Å². The van der Waals surface area contributed by atoms with Crippen LogP contribution in [0.1, 0.15) is 68.6 Å². The number of phenolic OH excluding ortho intramolecular Hbond substituents is 1. The fourth-order valence-corrected chi connectivity index (χ4v) is 7.00. The number of phenols is 1. The molecule has 3 aliphatic carbocycles. The second-order valence-electron chi connectivity index (χ2n) is 8.86. The van der Waals surface area contributed by atoms with Crippen LogP contribution in [-0.4, -0.2) is 25.9 Å². The largest absolute Gasteiger partial charge is 0.508 e. The molecule has 4 rings (SSSR count). The van der Waals surface area contributed by atoms with Gasteiger partial charge in [0.15, 0.2) is 0 Å². The third-order valence-electron chi connectivity index (χ3n) is 7.51. The molecule has 144 valence electrons. The van der Waals surface area contributed by atoms with E-state index in [1.807, 2.05) is 6.07 Å². The first-order chi connectivity index (χ1) is 12.2. The van der Waals surface area contributed by atoms with E-state index in [9.17, 15) is 13.5 Å². The standard InChI is InChI=1S/C21H30O4S/c1-4-13-11-17-14(12-19(13)22)5-6-16-15(17)9-10-21(2)18(16)7-8-20(21)25-26(3,23)24/h11-12,15-16,18,20,22H,4-10H2,1-3H3/t15?,16?,18?,20-,21-/m0/s1. The van der Waals surface area contributed by atoms with Crippen LogP contribution >= 0.6 is 0 Å². The van der Waals surface area contributed by atoms with E-state index in [1.165, 1.54) is 17.4 Å². The fraction of sp³-hybridized carbons (Fsp3) is 0.714. The van der Waals surface area contributed by atoms with Gasteiger partial charge < -0.3 is 5.11 Å². The third-order valence-corrected chi connectivity index (χ3v) is 8.09. The fourth-order valence-electron chi connectivity index (χ4n) is 6.26. The van der Waals surface area contributed by atoms with Gasteiger partial charge in [0.05, 0.1) is 12.4 Å². The highest BCUT2D eigenvalue weighted by Gasteiger charge is 2.56. The quantitative estimate of drug-likeness (QED) is 0.803. The first-order valence-electron chi connectivity index (χ1n) is 9.96. The van der Waals surface area contributed by atoms with E-state index < -0.39 is 10.1 Å². The lowest BCUT2D eigenvalue weighted by atomic mass is 9.55. The molecule has 5 atom stereocenters. The molecule has 0 aromatic heterocycles. The van der Waals surface area contributed by atoms with Crippen molar-refractivity contribution >= 4 is 10.1 Å². The van der Waals surface area contributed by atoms with E-state index in [0.717, 1.165) is 50.5 Å². The zero-order valence-electron chi connectivity index (χ0n) is 16.0. The van der Waals surface area contributed by atoms with Crippen molar-refractivity contribution in [1.82, 2.24) is 0 Å². The molecular weight excluding hydrogens is 348 g/mol. The molecule has 0 saturated heterocycles. The molecule has 0 spiro atoms. The number of benzene rings is 1. The number of fused-ring (bicyclic) bond motifs is 5. The van der Waals surface area contributed by atoms with Crippen molar-refractivity contribution in [3.63, 3.8) is 0 Å². The van der Waals surface area contributed by atoms with Crippen LogP contribution in [0, 0.1) is 17.3 Å². The Morgan fingerprint density at radius 1 is 1.23 bits per heavy atom. The third kappa shape index (κ3) is 2.88. The SMILES string of the molecule is CCc1cc2c(cc1O)CCC1C2CC[C@@]2(C)C1CC[C@@H]2OS(C)(=O)=O. The van der Waals surface area contributed by atoms with Gasteiger partial charge in [-0.05, 0) is 90.9 Å². The van der Waals surface area contributed by atoms with E-state index in [-0.39, 0.29) is 11.5 Å². The Morgan fingerprint density at radius 2 is 2.00 bits per heavy atom. The van der Waals surface area contributed by atoms with Gasteiger partial charge in [0.2, 0.25) is 0 Å². The lowest BCUT2D eigenvalue weighted by Crippen LogP contribution is -2.45. The minimum atomic E-state index is -3.42. The van der Waals surface area contributed by atoms with Crippen LogP contribution in [0.3, 0.4) is 0 Å². The second-order valence-corrected chi connectivity index (χ2v) is 10.5. The summed E-state index contributed by atoms with van der Waals surface area (Å²) in [4.78, 5) is 0. The Hall–Kier alpha value is -1.07. The van der Waals surface area contributed by atoms with Crippen molar-refractivity contribution in [2.75, 3.05) is 6.26 Å². The molecule has 1 N–H and O–H groups in total. The van der Waals surface area contributed by atoms with E-state index in [0.29, 0.717) is 23.5 Å². The lowest BCUT2D eigenvalue weighted by molar-refractivity contribution is -0.00768. The predicted molar refractivity (Wildman–Crippen MR) is 102 cm³/mol. The summed E-state index contributed by atoms with van der Waals surface area (Å²) in [6, 6.07) is 4.23. The molecule has 3 aliphatic rings. The summed E-state index contributed by atoms with van der Waals surface area (Å²) in [7, 11) is -3.42. The maximum atomic E-state index is 11.7. The molecule has 1 aromatic carbocycles. The Kier molecular flexibility index (Phi) is 4.39. The molecule has 26 heavy (non-hydrogen) atoms. The van der Waals surface area contributed by atoms with Crippen LogP contribution in [-0.2, 0) is 27.1 Å². The highest BCUT2D eigenvalue weighted by Crippen LogP contribution is 2.61. The molecule has 0 radical (unpaired) electrons. The van der Waals surface area contributed by atoms with Gasteiger partial charge >= 0.3 is 0 Å². The topological polar surface area (TPSA) is 63.6 Å². The van der Waals surface area contributed by atoms with Crippen LogP contribution < -0.4 is 0 Å². The lowest BCUT2D eigenvalue weighted by Gasteiger charge is -2.50. The Labute approximate surface area is 157 Å². The molecule has 2 saturated carbocycles. The van der Waals surface area contributed by atoms with Gasteiger partial charge in [0, 0.05) is 0 Å². The molecule has 2 fully saturated rings. The van der Waals surface area contributed by atoms with Crippen LogP contribution in [0.5, 0.6) is 5.75 Å². The van der Waals surface area contributed by atoms with E-state index in [2.05, 4.69) is 19.9 Å². The normalized spacial score (nSPS) is 36.3. The van der Waals surface area contributed by atoms with E-state index in [1.54, 1.807) is 0 Å². The van der Waals surface area contributed by atoms with Crippen molar-refractivity contribution in [3.8, 4) is 5.75 Å². The molecule has 0 amide bonds. The molecule has 0 aliphatic heterocycles. The molecule has 5 heteroatoms. The monoisotopic (exact) mass is 378 g/mol. The summed E-state index contributed by atoms with van der Waals surface area (Å²) >= 11 is 0. The van der Waals surface area contributed by atoms with Gasteiger partial charge in [-0.2, -0.15) is 8.42 Å². The van der Waals surface area contributed by atoms with E-state index in [4.69, 9.17) is 4.18 Å². The first kappa shape index (κ1) is 18.3. The van der Waals surface area contributed by atoms with Crippen LogP contribution in [0.25, 0.3) is 0 Å². The summed E-state index contributed by atoms with van der Waals surface area (Å²) < 4.78 is 28.9. The van der Waals surface area contributed by atoms with Gasteiger partial charge in [-0.25, -0.2) is 0 Å². The maximum Gasteiger partial charge on any atom is 0.264 e. The summed E-state index contributed by atoms with van der Waals surface area (Å²) in [5.41, 5.74) is 3.76. The summed E-state index contributed by atoms with van der Waals surface area (Å²) in [5.74, 6) is 2.11. The van der Waals surface area contributed by atoms with E-state index >= 15 is 0 Å². The number of aromatic hydroxyl groups is 1. The predicted octanol–water partition coefficient (Wildman–Crippen LogP) is 4.16. The highest BCUT2D eigenvalue weighted by molar-refractivity contribution is 7.86. The summed E-state index contributed by atoms with van der Waals surface area (Å²) in [5, 5.41) is 10.2. The van der Waals surface area contributed by atoms with Crippen molar-refractivity contribution in [2.45, 2.75) is 70.8 Å². The first-order valence-corrected chi connectivity index (χ1v) is 11.8. The molecule has 0 heterocycles. The Bertz CT molecular complexity index is 816. The number of rotatable bonds is 3. The Morgan fingerprint density at radius 3 is 2.69 bits per heavy atom. The second kappa shape index (κ2) is 6.23. The van der Waals surface area contributed by atoms with Gasteiger partial charge in [0.1, 0.15) is 5.75 Å². The maximum absolute atomic E-state index is 11.7. The van der Waals surface area contributed by atoms with Crippen LogP contribution in [0.2, 0.25) is 0 Å². The molecule has 0 bridgehead atoms. The van der Waals surface area contributed by atoms with Gasteiger partial charge in [-0.3, -0.25) is 4.18 Å². The van der Waals surface area contributed by atoms with Crippen LogP contribution in [0.15, 0.2) is 12.1 Å². The zero-order valence-corrected chi connectivity index (χ0v) is 16.8. The van der Waals surface area contributed by atoms with Gasteiger partial charge in [0.25, 0.3) is 10.1 Å². The highest BCUT2D eigenvalue weighted by atomic mass is 32.2. The minimum Gasteiger partial charge on any atom is -0.508 e. The van der Waals surface area contributed by atoms with Crippen molar-refractivity contribution < 1.29 is 17.7 Å². The van der Waals surface area contributed by atoms with Gasteiger partial charge in [-0.15, -0.1) is 0 Å². The average molecular weight is 379 g/mol. The Balaban J connectivity index is 1.65. The number of hydrogen-bond acceptors (Lipinski definition) is 4. The molecule has 1 aromatic rings. The van der Waals surface area contributed by atoms with Gasteiger partial charge in [-0.1, -0.05) is 19.9 Å². The summed E-state index contributed by atoms with van der Waals surface area (Å²) in [6.07, 6.45) is 8.00. The zero-order chi connectivity index (χ0) is 18.7. The van der Waals surface area contributed by atoms with Crippen molar-refractivity contribution in [2.24, 2.45) is 17.3 Å². The minimum absolute atomic E-state index is 0.0355. The molecule has 4 nitrogen and oxygen atoms in total. The molecular formula is C21H30O4S. The number of hydrogen-bond donors (Lipinski definition) is 1. The van der Waals surface area contributed by atoms with Crippen LogP contribution in [0.4, 0.5) is 0 Å². The summed E-state index contributed by atoms with van der Waals surface area (Å²) in [6.45, 7) is 4.34. The number of aryl methyl sites for hydroxylation is 2.